The summed E-state index contributed by atoms with van der Waals surface area (Å²) in [6, 6.07) is 13.6. The first-order valence-electron chi connectivity index (χ1n) is 8.77. The molecule has 0 N–H and O–H groups in total. The molecular formula is C20H17FN4O. The second-order valence-corrected chi connectivity index (χ2v) is 6.85. The number of pyridine rings is 1. The third-order valence-corrected chi connectivity index (χ3v) is 5.38. The zero-order valence-corrected chi connectivity index (χ0v) is 14.0. The van der Waals surface area contributed by atoms with Gasteiger partial charge in [-0.3, -0.25) is 14.5 Å². The highest BCUT2D eigenvalue weighted by Gasteiger charge is 2.46. The Morgan fingerprint density at radius 1 is 1.12 bits per heavy atom. The summed E-state index contributed by atoms with van der Waals surface area (Å²) >= 11 is 0. The van der Waals surface area contributed by atoms with E-state index < -0.39 is 5.82 Å². The SMILES string of the molecule is O=C1c2cc(-c3ccncc3F)nn2C2CCC2N1Cc1ccccc1. The van der Waals surface area contributed by atoms with Gasteiger partial charge in [0, 0.05) is 18.3 Å². The van der Waals surface area contributed by atoms with Gasteiger partial charge in [0.25, 0.3) is 5.91 Å². The molecule has 5 rings (SSSR count). The quantitative estimate of drug-likeness (QED) is 0.728. The average molecular weight is 348 g/mol. The van der Waals surface area contributed by atoms with Gasteiger partial charge >= 0.3 is 0 Å². The molecule has 1 aliphatic heterocycles. The third-order valence-electron chi connectivity index (χ3n) is 5.38. The summed E-state index contributed by atoms with van der Waals surface area (Å²) in [6.45, 7) is 0.588. The third kappa shape index (κ3) is 2.25. The molecule has 1 aliphatic carbocycles. The predicted octanol–water partition coefficient (Wildman–Crippen LogP) is 3.44. The molecule has 1 fully saturated rings. The fraction of sp³-hybridized carbons (Fsp3) is 0.250. The van der Waals surface area contributed by atoms with E-state index in [4.69, 9.17) is 0 Å². The summed E-state index contributed by atoms with van der Waals surface area (Å²) in [6.07, 6.45) is 4.66. The Balaban J connectivity index is 1.53. The van der Waals surface area contributed by atoms with Crippen LogP contribution in [0.25, 0.3) is 11.3 Å². The lowest BCUT2D eigenvalue weighted by molar-refractivity contribution is 0.0212. The van der Waals surface area contributed by atoms with Crippen LogP contribution >= 0.6 is 0 Å². The van der Waals surface area contributed by atoms with E-state index >= 15 is 0 Å². The minimum atomic E-state index is -0.429. The standard InChI is InChI=1S/C20H17FN4O/c21-15-11-22-9-8-14(15)16-10-19-20(26)24(12-13-4-2-1-3-5-13)17-6-7-18(17)25(19)23-16/h1-5,8-11,17-18H,6-7,12H2. The fourth-order valence-electron chi connectivity index (χ4n) is 3.90. The predicted molar refractivity (Wildman–Crippen MR) is 93.8 cm³/mol. The van der Waals surface area contributed by atoms with E-state index in [0.29, 0.717) is 23.5 Å². The highest BCUT2D eigenvalue weighted by atomic mass is 19.1. The van der Waals surface area contributed by atoms with E-state index in [-0.39, 0.29) is 18.0 Å². The molecule has 6 heteroatoms. The number of aromatic nitrogens is 3. The number of hydrogen-bond donors (Lipinski definition) is 0. The minimum Gasteiger partial charge on any atom is -0.328 e. The monoisotopic (exact) mass is 348 g/mol. The first-order chi connectivity index (χ1) is 12.7. The Kier molecular flexibility index (Phi) is 3.38. The van der Waals surface area contributed by atoms with Gasteiger partial charge in [0.1, 0.15) is 5.69 Å². The zero-order valence-electron chi connectivity index (χ0n) is 14.0. The van der Waals surface area contributed by atoms with Crippen molar-refractivity contribution in [3.63, 3.8) is 0 Å². The van der Waals surface area contributed by atoms with E-state index in [1.165, 1.54) is 12.4 Å². The summed E-state index contributed by atoms with van der Waals surface area (Å²) in [5, 5.41) is 4.56. The topological polar surface area (TPSA) is 51.0 Å². The Morgan fingerprint density at radius 3 is 2.65 bits per heavy atom. The largest absolute Gasteiger partial charge is 0.328 e. The Hall–Kier alpha value is -3.02. The molecule has 3 aromatic rings. The molecule has 1 saturated carbocycles. The normalized spacial score (nSPS) is 21.1. The Morgan fingerprint density at radius 2 is 1.92 bits per heavy atom. The van der Waals surface area contributed by atoms with Crippen LogP contribution in [0.1, 0.15) is 34.9 Å². The van der Waals surface area contributed by atoms with E-state index in [1.54, 1.807) is 16.8 Å². The van der Waals surface area contributed by atoms with Crippen LogP contribution in [-0.2, 0) is 6.54 Å². The first-order valence-corrected chi connectivity index (χ1v) is 8.77. The van der Waals surface area contributed by atoms with Gasteiger partial charge in [-0.1, -0.05) is 30.3 Å². The van der Waals surface area contributed by atoms with E-state index in [1.807, 2.05) is 35.2 Å². The molecule has 3 heterocycles. The Labute approximate surface area is 150 Å². The maximum atomic E-state index is 14.1. The number of fused-ring (bicyclic) bond motifs is 3. The molecule has 2 unspecified atom stereocenters. The molecule has 2 atom stereocenters. The molecule has 0 saturated heterocycles. The number of carbonyl (C=O) groups is 1. The minimum absolute atomic E-state index is 0.0389. The van der Waals surface area contributed by atoms with Crippen LogP contribution in [0.4, 0.5) is 4.39 Å². The maximum absolute atomic E-state index is 14.1. The lowest BCUT2D eigenvalue weighted by Crippen LogP contribution is -2.55. The molecular weight excluding hydrogens is 331 g/mol. The van der Waals surface area contributed by atoms with Crippen LogP contribution < -0.4 is 0 Å². The van der Waals surface area contributed by atoms with Gasteiger partial charge in [-0.25, -0.2) is 4.39 Å². The summed E-state index contributed by atoms with van der Waals surface area (Å²) in [4.78, 5) is 18.8. The van der Waals surface area contributed by atoms with Crippen molar-refractivity contribution in [2.45, 2.75) is 31.5 Å². The maximum Gasteiger partial charge on any atom is 0.272 e. The van der Waals surface area contributed by atoms with Gasteiger partial charge in [-0.05, 0) is 30.5 Å². The van der Waals surface area contributed by atoms with Crippen LogP contribution in [0.2, 0.25) is 0 Å². The smallest absolute Gasteiger partial charge is 0.272 e. The van der Waals surface area contributed by atoms with Crippen LogP contribution in [0.3, 0.4) is 0 Å². The van der Waals surface area contributed by atoms with E-state index in [0.717, 1.165) is 18.4 Å². The van der Waals surface area contributed by atoms with Crippen molar-refractivity contribution < 1.29 is 9.18 Å². The average Bonchev–Trinajstić information content (AvgIpc) is 3.05. The molecule has 26 heavy (non-hydrogen) atoms. The number of carbonyl (C=O) groups excluding carboxylic acids is 1. The molecule has 5 nitrogen and oxygen atoms in total. The summed E-state index contributed by atoms with van der Waals surface area (Å²) in [5.74, 6) is -0.468. The van der Waals surface area contributed by atoms with Crippen molar-refractivity contribution in [3.8, 4) is 11.3 Å². The molecule has 2 aromatic heterocycles. The molecule has 130 valence electrons. The van der Waals surface area contributed by atoms with Crippen molar-refractivity contribution in [3.05, 3.63) is 71.9 Å². The highest BCUT2D eigenvalue weighted by molar-refractivity contribution is 5.95. The molecule has 1 aromatic carbocycles. The molecule has 0 radical (unpaired) electrons. The first kappa shape index (κ1) is 15.3. The summed E-state index contributed by atoms with van der Waals surface area (Å²) in [5.41, 5.74) is 2.51. The lowest BCUT2D eigenvalue weighted by Gasteiger charge is -2.48. The van der Waals surface area contributed by atoms with Gasteiger partial charge in [0.2, 0.25) is 0 Å². The summed E-state index contributed by atoms with van der Waals surface area (Å²) < 4.78 is 15.9. The van der Waals surface area contributed by atoms with Crippen LogP contribution in [0, 0.1) is 5.82 Å². The van der Waals surface area contributed by atoms with Crippen molar-refractivity contribution in [1.29, 1.82) is 0 Å². The van der Waals surface area contributed by atoms with E-state index in [9.17, 15) is 9.18 Å². The van der Waals surface area contributed by atoms with Crippen LogP contribution in [-0.4, -0.2) is 31.6 Å². The lowest BCUT2D eigenvalue weighted by atomic mass is 9.82. The van der Waals surface area contributed by atoms with Crippen molar-refractivity contribution >= 4 is 5.91 Å². The number of nitrogens with zero attached hydrogens (tertiary/aromatic N) is 4. The van der Waals surface area contributed by atoms with Gasteiger partial charge in [-0.15, -0.1) is 0 Å². The molecule has 0 bridgehead atoms. The fourth-order valence-corrected chi connectivity index (χ4v) is 3.90. The second-order valence-electron chi connectivity index (χ2n) is 6.85. The van der Waals surface area contributed by atoms with Gasteiger partial charge < -0.3 is 4.90 Å². The number of halogens is 1. The molecule has 1 amide bonds. The van der Waals surface area contributed by atoms with Gasteiger partial charge in [0.05, 0.1) is 24.0 Å². The zero-order chi connectivity index (χ0) is 17.7. The molecule has 0 spiro atoms. The summed E-state index contributed by atoms with van der Waals surface area (Å²) in [7, 11) is 0. The van der Waals surface area contributed by atoms with Crippen molar-refractivity contribution in [2.24, 2.45) is 0 Å². The number of benzene rings is 1. The second kappa shape index (κ2) is 5.76. The number of amides is 1. The Bertz CT molecular complexity index is 984. The van der Waals surface area contributed by atoms with Gasteiger partial charge in [0.15, 0.2) is 5.82 Å². The van der Waals surface area contributed by atoms with Crippen molar-refractivity contribution in [2.75, 3.05) is 0 Å². The van der Waals surface area contributed by atoms with Crippen LogP contribution in [0.15, 0.2) is 54.9 Å². The molecule has 2 aliphatic rings. The van der Waals surface area contributed by atoms with Crippen LogP contribution in [0.5, 0.6) is 0 Å². The van der Waals surface area contributed by atoms with Crippen molar-refractivity contribution in [1.82, 2.24) is 19.7 Å². The van der Waals surface area contributed by atoms with E-state index in [2.05, 4.69) is 10.1 Å². The number of rotatable bonds is 3. The number of hydrogen-bond acceptors (Lipinski definition) is 3. The van der Waals surface area contributed by atoms with Gasteiger partial charge in [-0.2, -0.15) is 5.10 Å². The highest BCUT2D eigenvalue weighted by Crippen LogP contribution is 2.42.